The standard InChI is InChI=1S/C18H9F3O2/c19-18(20,21)14-9-6-12(7-10-14)5-8-13-11-23-16-4-2-1-3-15(16)17(13)22/h1-4,6-7,9-11H. The molecule has 0 N–H and O–H groups in total. The zero-order valence-electron chi connectivity index (χ0n) is 11.6. The molecule has 2 aromatic carbocycles. The fraction of sp³-hybridized carbons (Fsp3) is 0.0556. The Hall–Kier alpha value is -3.00. The third-order valence-corrected chi connectivity index (χ3v) is 3.23. The van der Waals surface area contributed by atoms with Gasteiger partial charge in [0, 0.05) is 5.56 Å². The summed E-state index contributed by atoms with van der Waals surface area (Å²) in [5, 5.41) is 0.409. The van der Waals surface area contributed by atoms with E-state index >= 15 is 0 Å². The molecule has 0 radical (unpaired) electrons. The lowest BCUT2D eigenvalue weighted by atomic mass is 10.1. The van der Waals surface area contributed by atoms with Crippen LogP contribution in [0.3, 0.4) is 0 Å². The fourth-order valence-electron chi connectivity index (χ4n) is 2.05. The molecule has 3 rings (SSSR count). The number of para-hydroxylation sites is 1. The smallest absolute Gasteiger partial charge is 0.416 e. The van der Waals surface area contributed by atoms with Crippen LogP contribution < -0.4 is 5.43 Å². The largest absolute Gasteiger partial charge is 0.463 e. The van der Waals surface area contributed by atoms with Crippen molar-refractivity contribution in [1.29, 1.82) is 0 Å². The number of benzene rings is 2. The third-order valence-electron chi connectivity index (χ3n) is 3.23. The van der Waals surface area contributed by atoms with Gasteiger partial charge in [-0.25, -0.2) is 0 Å². The second kappa shape index (κ2) is 5.65. The van der Waals surface area contributed by atoms with Crippen molar-refractivity contribution in [3.05, 3.63) is 81.7 Å². The molecule has 0 unspecified atom stereocenters. The Morgan fingerprint density at radius 2 is 1.61 bits per heavy atom. The van der Waals surface area contributed by atoms with Crippen LogP contribution in [0.4, 0.5) is 13.2 Å². The van der Waals surface area contributed by atoms with Crippen molar-refractivity contribution in [2.75, 3.05) is 0 Å². The van der Waals surface area contributed by atoms with Crippen LogP contribution >= 0.6 is 0 Å². The monoisotopic (exact) mass is 314 g/mol. The SMILES string of the molecule is O=c1c(C#Cc2ccc(C(F)(F)F)cc2)coc2ccccc12. The lowest BCUT2D eigenvalue weighted by Crippen LogP contribution is -2.05. The molecule has 1 aromatic heterocycles. The molecule has 0 aliphatic carbocycles. The molecule has 0 aliphatic rings. The fourth-order valence-corrected chi connectivity index (χ4v) is 2.05. The molecule has 1 heterocycles. The number of hydrogen-bond donors (Lipinski definition) is 0. The van der Waals surface area contributed by atoms with Crippen LogP contribution in [0, 0.1) is 11.8 Å². The van der Waals surface area contributed by atoms with Crippen LogP contribution in [0.15, 0.2) is 64.0 Å². The van der Waals surface area contributed by atoms with Gasteiger partial charge in [0.05, 0.1) is 10.9 Å². The highest BCUT2D eigenvalue weighted by atomic mass is 19.4. The van der Waals surface area contributed by atoms with Gasteiger partial charge in [-0.15, -0.1) is 0 Å². The minimum Gasteiger partial charge on any atom is -0.463 e. The first-order valence-corrected chi connectivity index (χ1v) is 6.65. The summed E-state index contributed by atoms with van der Waals surface area (Å²) in [5.74, 6) is 5.31. The van der Waals surface area contributed by atoms with Gasteiger partial charge in [0.1, 0.15) is 17.4 Å². The summed E-state index contributed by atoms with van der Waals surface area (Å²) < 4.78 is 42.8. The normalized spacial score (nSPS) is 11.1. The highest BCUT2D eigenvalue weighted by molar-refractivity contribution is 5.77. The molecule has 5 heteroatoms. The summed E-state index contributed by atoms with van der Waals surface area (Å²) in [7, 11) is 0. The van der Waals surface area contributed by atoms with Crippen LogP contribution in [0.5, 0.6) is 0 Å². The van der Waals surface area contributed by atoms with E-state index in [1.165, 1.54) is 18.4 Å². The summed E-state index contributed by atoms with van der Waals surface area (Å²) in [4.78, 5) is 12.2. The molecule has 0 saturated carbocycles. The first kappa shape index (κ1) is 14.9. The quantitative estimate of drug-likeness (QED) is 0.582. The van der Waals surface area contributed by atoms with E-state index in [0.29, 0.717) is 16.5 Å². The van der Waals surface area contributed by atoms with E-state index in [1.807, 2.05) is 0 Å². The number of alkyl halides is 3. The number of rotatable bonds is 0. The zero-order chi connectivity index (χ0) is 16.4. The molecule has 2 nitrogen and oxygen atoms in total. The molecule has 0 saturated heterocycles. The Morgan fingerprint density at radius 1 is 0.913 bits per heavy atom. The molecule has 0 bridgehead atoms. The molecule has 0 fully saturated rings. The maximum atomic E-state index is 12.5. The predicted octanol–water partition coefficient (Wildman–Crippen LogP) is 4.21. The van der Waals surface area contributed by atoms with Crippen molar-refractivity contribution < 1.29 is 17.6 Å². The van der Waals surface area contributed by atoms with Crippen molar-refractivity contribution in [3.8, 4) is 11.8 Å². The van der Waals surface area contributed by atoms with Crippen LogP contribution in [-0.2, 0) is 6.18 Å². The molecule has 0 amide bonds. The summed E-state index contributed by atoms with van der Waals surface area (Å²) in [6.07, 6.45) is -3.13. The van der Waals surface area contributed by atoms with Crippen molar-refractivity contribution in [1.82, 2.24) is 0 Å². The van der Waals surface area contributed by atoms with E-state index < -0.39 is 11.7 Å². The highest BCUT2D eigenvalue weighted by Crippen LogP contribution is 2.28. The van der Waals surface area contributed by atoms with E-state index in [1.54, 1.807) is 24.3 Å². The van der Waals surface area contributed by atoms with E-state index in [2.05, 4.69) is 11.8 Å². The van der Waals surface area contributed by atoms with Gasteiger partial charge in [0.25, 0.3) is 0 Å². The average molecular weight is 314 g/mol. The van der Waals surface area contributed by atoms with Crippen molar-refractivity contribution in [3.63, 3.8) is 0 Å². The van der Waals surface area contributed by atoms with E-state index in [0.717, 1.165) is 12.1 Å². The van der Waals surface area contributed by atoms with Crippen molar-refractivity contribution in [2.24, 2.45) is 0 Å². The van der Waals surface area contributed by atoms with Gasteiger partial charge in [0.15, 0.2) is 0 Å². The van der Waals surface area contributed by atoms with Crippen LogP contribution in [0.1, 0.15) is 16.7 Å². The maximum absolute atomic E-state index is 12.5. The molecule has 0 aliphatic heterocycles. The highest BCUT2D eigenvalue weighted by Gasteiger charge is 2.29. The Bertz CT molecular complexity index is 971. The lowest BCUT2D eigenvalue weighted by Gasteiger charge is -2.05. The first-order valence-electron chi connectivity index (χ1n) is 6.65. The zero-order valence-corrected chi connectivity index (χ0v) is 11.6. The van der Waals surface area contributed by atoms with E-state index in [9.17, 15) is 18.0 Å². The number of fused-ring (bicyclic) bond motifs is 1. The van der Waals surface area contributed by atoms with Gasteiger partial charge in [0.2, 0.25) is 5.43 Å². The summed E-state index contributed by atoms with van der Waals surface area (Å²) in [6.45, 7) is 0. The van der Waals surface area contributed by atoms with Gasteiger partial charge in [-0.3, -0.25) is 4.79 Å². The van der Waals surface area contributed by atoms with Gasteiger partial charge in [-0.1, -0.05) is 24.0 Å². The van der Waals surface area contributed by atoms with E-state index in [-0.39, 0.29) is 11.0 Å². The Labute approximate surface area is 129 Å². The number of hydrogen-bond acceptors (Lipinski definition) is 2. The first-order chi connectivity index (χ1) is 10.9. The molecule has 0 spiro atoms. The summed E-state index contributed by atoms with van der Waals surface area (Å²) in [6, 6.07) is 11.2. The second-order valence-electron chi connectivity index (χ2n) is 4.80. The molecular weight excluding hydrogens is 305 g/mol. The molecular formula is C18H9F3O2. The minimum atomic E-state index is -4.38. The summed E-state index contributed by atoms with van der Waals surface area (Å²) >= 11 is 0. The van der Waals surface area contributed by atoms with Gasteiger partial charge < -0.3 is 4.42 Å². The topological polar surface area (TPSA) is 30.2 Å². The van der Waals surface area contributed by atoms with Crippen LogP contribution in [0.25, 0.3) is 11.0 Å². The Balaban J connectivity index is 1.96. The van der Waals surface area contributed by atoms with Gasteiger partial charge >= 0.3 is 6.18 Å². The lowest BCUT2D eigenvalue weighted by molar-refractivity contribution is -0.137. The summed E-state index contributed by atoms with van der Waals surface area (Å²) in [5.41, 5.74) is -0.0220. The van der Waals surface area contributed by atoms with Crippen molar-refractivity contribution >= 4 is 11.0 Å². The Morgan fingerprint density at radius 3 is 2.30 bits per heavy atom. The average Bonchev–Trinajstić information content (AvgIpc) is 2.54. The Kier molecular flexibility index (Phi) is 3.67. The molecule has 3 aromatic rings. The van der Waals surface area contributed by atoms with Crippen LogP contribution in [-0.4, -0.2) is 0 Å². The second-order valence-corrected chi connectivity index (χ2v) is 4.80. The van der Waals surface area contributed by atoms with E-state index in [4.69, 9.17) is 4.42 Å². The third kappa shape index (κ3) is 3.11. The number of halogens is 3. The molecule has 114 valence electrons. The van der Waals surface area contributed by atoms with Gasteiger partial charge in [-0.2, -0.15) is 13.2 Å². The van der Waals surface area contributed by atoms with Crippen LogP contribution in [0.2, 0.25) is 0 Å². The minimum absolute atomic E-state index is 0.156. The molecule has 0 atom stereocenters. The maximum Gasteiger partial charge on any atom is 0.416 e. The predicted molar refractivity (Wildman–Crippen MR) is 79.9 cm³/mol. The van der Waals surface area contributed by atoms with Crippen molar-refractivity contribution in [2.45, 2.75) is 6.18 Å². The van der Waals surface area contributed by atoms with Gasteiger partial charge in [-0.05, 0) is 36.4 Å². The molecule has 23 heavy (non-hydrogen) atoms.